The highest BCUT2D eigenvalue weighted by atomic mass is 16.5. The zero-order valence-electron chi connectivity index (χ0n) is 20.3. The van der Waals surface area contributed by atoms with Crippen molar-refractivity contribution in [2.75, 3.05) is 53.0 Å². The maximum absolute atomic E-state index is 5.86. The van der Waals surface area contributed by atoms with Crippen molar-refractivity contribution in [3.05, 3.63) is 0 Å². The Kier molecular flexibility index (Phi) is 18.4. The Labute approximate surface area is 183 Å². The fourth-order valence-electron chi connectivity index (χ4n) is 4.56. The number of hydrogen-bond donors (Lipinski definition) is 1. The van der Waals surface area contributed by atoms with Crippen molar-refractivity contribution in [2.24, 2.45) is 0 Å². The van der Waals surface area contributed by atoms with Gasteiger partial charge >= 0.3 is 0 Å². The fourth-order valence-corrected chi connectivity index (χ4v) is 4.56. The summed E-state index contributed by atoms with van der Waals surface area (Å²) in [5, 5.41) is 3.46. The van der Waals surface area contributed by atoms with E-state index in [2.05, 4.69) is 19.3 Å². The van der Waals surface area contributed by atoms with Gasteiger partial charge in [-0.05, 0) is 6.42 Å². The van der Waals surface area contributed by atoms with E-state index in [-0.39, 0.29) is 0 Å². The van der Waals surface area contributed by atoms with E-state index in [1.807, 2.05) is 0 Å². The molecule has 174 valence electrons. The van der Waals surface area contributed by atoms with E-state index in [4.69, 9.17) is 4.74 Å². The maximum Gasteiger partial charge on any atom is 0.0911 e. The summed E-state index contributed by atoms with van der Waals surface area (Å²) in [5.41, 5.74) is 0. The van der Waals surface area contributed by atoms with Crippen LogP contribution in [-0.4, -0.2) is 57.5 Å². The van der Waals surface area contributed by atoms with Gasteiger partial charge in [0, 0.05) is 26.1 Å². The minimum absolute atomic E-state index is 0.958. The van der Waals surface area contributed by atoms with Crippen LogP contribution in [-0.2, 0) is 4.74 Å². The Balaban J connectivity index is 1.68. The van der Waals surface area contributed by atoms with E-state index >= 15 is 0 Å². The van der Waals surface area contributed by atoms with Crippen molar-refractivity contribution in [1.29, 1.82) is 0 Å². The van der Waals surface area contributed by atoms with Crippen LogP contribution < -0.4 is 5.32 Å². The predicted molar refractivity (Wildman–Crippen MR) is 129 cm³/mol. The molecule has 0 aliphatic carbocycles. The zero-order chi connectivity index (χ0) is 20.9. The average molecular weight is 412 g/mol. The molecule has 0 saturated carbocycles. The fraction of sp³-hybridized carbons (Fsp3) is 1.00. The standard InChI is InChI=1S/C26H55N2O/c1-3-4-5-6-7-8-9-10-11-12-13-14-15-16-17-18-25-29-26-19-22-28(2)23-20-27-21-24-28/h27H,3-26H2,1-2H3/q+1. The van der Waals surface area contributed by atoms with Crippen LogP contribution in [0, 0.1) is 0 Å². The van der Waals surface area contributed by atoms with Gasteiger partial charge in [0.25, 0.3) is 0 Å². The van der Waals surface area contributed by atoms with Crippen LogP contribution in [0.1, 0.15) is 116 Å². The van der Waals surface area contributed by atoms with Gasteiger partial charge in [-0.1, -0.05) is 103 Å². The summed E-state index contributed by atoms with van der Waals surface area (Å²) in [4.78, 5) is 0. The molecule has 0 bridgehead atoms. The molecule has 3 nitrogen and oxygen atoms in total. The molecular formula is C26H55N2O+. The molecule has 0 unspecified atom stereocenters. The number of nitrogens with zero attached hydrogens (tertiary/aromatic N) is 1. The molecule has 0 amide bonds. The van der Waals surface area contributed by atoms with E-state index in [0.717, 1.165) is 13.2 Å². The maximum atomic E-state index is 5.86. The molecule has 0 aromatic heterocycles. The summed E-state index contributed by atoms with van der Waals surface area (Å²) in [6.07, 6.45) is 24.1. The molecule has 0 aromatic carbocycles. The SMILES string of the molecule is CCCCCCCCCCCCCCCCCCOCCC[N+]1(C)CCNCC1. The zero-order valence-corrected chi connectivity index (χ0v) is 20.3. The lowest BCUT2D eigenvalue weighted by Gasteiger charge is -2.38. The average Bonchev–Trinajstić information content (AvgIpc) is 2.73. The predicted octanol–water partition coefficient (Wildman–Crippen LogP) is 6.70. The third-order valence-corrected chi connectivity index (χ3v) is 6.79. The highest BCUT2D eigenvalue weighted by molar-refractivity contribution is 4.55. The Morgan fingerprint density at radius 3 is 1.48 bits per heavy atom. The van der Waals surface area contributed by atoms with Gasteiger partial charge in [-0.25, -0.2) is 0 Å². The van der Waals surface area contributed by atoms with E-state index < -0.39 is 0 Å². The van der Waals surface area contributed by atoms with Crippen molar-refractivity contribution in [2.45, 2.75) is 116 Å². The molecule has 1 heterocycles. The lowest BCUT2D eigenvalue weighted by atomic mass is 10.0. The first-order valence-electron chi connectivity index (χ1n) is 13.4. The number of rotatable bonds is 21. The second kappa shape index (κ2) is 19.8. The number of quaternary nitrogens is 1. The number of ether oxygens (including phenoxy) is 1. The van der Waals surface area contributed by atoms with Crippen molar-refractivity contribution >= 4 is 0 Å². The topological polar surface area (TPSA) is 21.3 Å². The van der Waals surface area contributed by atoms with Crippen molar-refractivity contribution in [3.8, 4) is 0 Å². The van der Waals surface area contributed by atoms with Gasteiger partial charge in [0.2, 0.25) is 0 Å². The number of nitrogens with one attached hydrogen (secondary N) is 1. The van der Waals surface area contributed by atoms with Gasteiger partial charge < -0.3 is 14.5 Å². The van der Waals surface area contributed by atoms with Gasteiger partial charge in [-0.15, -0.1) is 0 Å². The molecule has 0 atom stereocenters. The van der Waals surface area contributed by atoms with Crippen LogP contribution in [0.2, 0.25) is 0 Å². The number of hydrogen-bond acceptors (Lipinski definition) is 2. The second-order valence-electron chi connectivity index (χ2n) is 9.81. The number of likely N-dealkylation sites (N-methyl/N-ethyl adjacent to an activating group) is 1. The summed E-state index contributed by atoms with van der Waals surface area (Å²) in [6.45, 7) is 10.4. The molecule has 0 aromatic rings. The Hall–Kier alpha value is -0.120. The highest BCUT2D eigenvalue weighted by Crippen LogP contribution is 2.13. The third-order valence-electron chi connectivity index (χ3n) is 6.79. The second-order valence-corrected chi connectivity index (χ2v) is 9.81. The highest BCUT2D eigenvalue weighted by Gasteiger charge is 2.23. The van der Waals surface area contributed by atoms with Gasteiger partial charge in [0.1, 0.15) is 0 Å². The van der Waals surface area contributed by atoms with E-state index in [9.17, 15) is 0 Å². The summed E-state index contributed by atoms with van der Waals surface area (Å²) in [6, 6.07) is 0. The summed E-state index contributed by atoms with van der Waals surface area (Å²) >= 11 is 0. The van der Waals surface area contributed by atoms with Crippen molar-refractivity contribution < 1.29 is 9.22 Å². The third kappa shape index (κ3) is 17.3. The number of piperazine rings is 1. The van der Waals surface area contributed by atoms with Gasteiger partial charge in [-0.2, -0.15) is 0 Å². The Morgan fingerprint density at radius 2 is 1.00 bits per heavy atom. The number of unbranched alkanes of at least 4 members (excludes halogenated alkanes) is 15. The Bertz CT molecular complexity index is 329. The normalized spacial score (nSPS) is 16.3. The smallest absolute Gasteiger partial charge is 0.0911 e. The van der Waals surface area contributed by atoms with Crippen LogP contribution >= 0.6 is 0 Å². The summed E-state index contributed by atoms with van der Waals surface area (Å²) in [7, 11) is 2.40. The molecule has 3 heteroatoms. The van der Waals surface area contributed by atoms with Crippen LogP contribution in [0.25, 0.3) is 0 Å². The van der Waals surface area contributed by atoms with Crippen LogP contribution in [0.15, 0.2) is 0 Å². The quantitative estimate of drug-likeness (QED) is 0.167. The lowest BCUT2D eigenvalue weighted by Crippen LogP contribution is -2.56. The lowest BCUT2D eigenvalue weighted by molar-refractivity contribution is -0.911. The van der Waals surface area contributed by atoms with Crippen LogP contribution in [0.3, 0.4) is 0 Å². The molecule has 1 saturated heterocycles. The summed E-state index contributed by atoms with van der Waals surface area (Å²) in [5.74, 6) is 0. The minimum atomic E-state index is 0.958. The first-order valence-corrected chi connectivity index (χ1v) is 13.4. The molecule has 1 aliphatic rings. The van der Waals surface area contributed by atoms with E-state index in [1.54, 1.807) is 0 Å². The van der Waals surface area contributed by atoms with Gasteiger partial charge in [0.05, 0.1) is 33.3 Å². The van der Waals surface area contributed by atoms with E-state index in [1.165, 1.54) is 146 Å². The van der Waals surface area contributed by atoms with Crippen LogP contribution in [0.5, 0.6) is 0 Å². The minimum Gasteiger partial charge on any atom is -0.381 e. The molecule has 1 aliphatic heterocycles. The van der Waals surface area contributed by atoms with Crippen molar-refractivity contribution in [1.82, 2.24) is 5.32 Å². The molecule has 1 rings (SSSR count). The molecule has 0 radical (unpaired) electrons. The summed E-state index contributed by atoms with van der Waals surface area (Å²) < 4.78 is 7.09. The van der Waals surface area contributed by atoms with Gasteiger partial charge in [-0.3, -0.25) is 0 Å². The molecule has 0 spiro atoms. The molecular weight excluding hydrogens is 356 g/mol. The van der Waals surface area contributed by atoms with Gasteiger partial charge in [0.15, 0.2) is 0 Å². The first-order chi connectivity index (χ1) is 14.3. The molecule has 29 heavy (non-hydrogen) atoms. The first kappa shape index (κ1) is 26.9. The van der Waals surface area contributed by atoms with Crippen molar-refractivity contribution in [3.63, 3.8) is 0 Å². The van der Waals surface area contributed by atoms with Crippen LogP contribution in [0.4, 0.5) is 0 Å². The molecule has 1 fully saturated rings. The Morgan fingerprint density at radius 1 is 0.586 bits per heavy atom. The monoisotopic (exact) mass is 411 g/mol. The largest absolute Gasteiger partial charge is 0.381 e. The van der Waals surface area contributed by atoms with E-state index in [0.29, 0.717) is 0 Å². The molecule has 1 N–H and O–H groups in total.